The summed E-state index contributed by atoms with van der Waals surface area (Å²) in [6, 6.07) is 0.398. The molecule has 0 saturated carbocycles. The van der Waals surface area contributed by atoms with Gasteiger partial charge in [0.05, 0.1) is 0 Å². The lowest BCUT2D eigenvalue weighted by atomic mass is 10.2. The van der Waals surface area contributed by atoms with E-state index in [9.17, 15) is 26.7 Å². The molecular weight excluding hydrogens is 211 g/mol. The van der Waals surface area contributed by atoms with Gasteiger partial charge in [0, 0.05) is 6.20 Å². The van der Waals surface area contributed by atoms with Gasteiger partial charge in [-0.15, -0.1) is 0 Å². The number of rotatable bonds is 1. The SMILES string of the molecule is O=c1nccc(C(F)(F)C(F)(F)F)[nH]1. The quantitative estimate of drug-likeness (QED) is 0.718. The number of nitrogens with zero attached hydrogens (tertiary/aromatic N) is 1. The van der Waals surface area contributed by atoms with Crippen molar-refractivity contribution in [2.45, 2.75) is 12.1 Å². The van der Waals surface area contributed by atoms with Crippen molar-refractivity contribution in [3.05, 3.63) is 28.4 Å². The van der Waals surface area contributed by atoms with Crippen LogP contribution in [0.25, 0.3) is 0 Å². The zero-order valence-corrected chi connectivity index (χ0v) is 6.40. The fourth-order valence-corrected chi connectivity index (χ4v) is 0.705. The van der Waals surface area contributed by atoms with Crippen LogP contribution < -0.4 is 5.69 Å². The minimum atomic E-state index is -5.74. The Kier molecular flexibility index (Phi) is 2.30. The molecule has 0 aromatic carbocycles. The molecule has 0 unspecified atom stereocenters. The topological polar surface area (TPSA) is 45.8 Å². The molecule has 1 aromatic rings. The molecule has 0 aliphatic carbocycles. The highest BCUT2D eigenvalue weighted by Gasteiger charge is 2.59. The second-order valence-corrected chi connectivity index (χ2v) is 2.36. The van der Waals surface area contributed by atoms with E-state index in [2.05, 4.69) is 4.98 Å². The molecule has 1 heterocycles. The highest BCUT2D eigenvalue weighted by atomic mass is 19.4. The third kappa shape index (κ3) is 1.73. The molecule has 3 nitrogen and oxygen atoms in total. The third-order valence-electron chi connectivity index (χ3n) is 1.37. The lowest BCUT2D eigenvalue weighted by Crippen LogP contribution is -2.36. The molecule has 8 heteroatoms. The van der Waals surface area contributed by atoms with Gasteiger partial charge >= 0.3 is 17.8 Å². The van der Waals surface area contributed by atoms with E-state index in [0.717, 1.165) is 0 Å². The fourth-order valence-electron chi connectivity index (χ4n) is 0.705. The van der Waals surface area contributed by atoms with Crippen molar-refractivity contribution in [1.82, 2.24) is 9.97 Å². The first kappa shape index (κ1) is 10.6. The molecule has 0 bridgehead atoms. The summed E-state index contributed by atoms with van der Waals surface area (Å²) in [5.41, 5.74) is -2.78. The van der Waals surface area contributed by atoms with Gasteiger partial charge in [-0.1, -0.05) is 0 Å². The van der Waals surface area contributed by atoms with Gasteiger partial charge in [-0.2, -0.15) is 22.0 Å². The standard InChI is InChI=1S/C6H3F5N2O/c7-5(8,6(9,10)11)3-1-2-12-4(14)13-3/h1-2H,(H,12,13,14). The minimum Gasteiger partial charge on any atom is -0.304 e. The van der Waals surface area contributed by atoms with Crippen LogP contribution in [0.2, 0.25) is 0 Å². The summed E-state index contributed by atoms with van der Waals surface area (Å²) in [7, 11) is 0. The van der Waals surface area contributed by atoms with Crippen LogP contribution in [-0.2, 0) is 5.92 Å². The van der Waals surface area contributed by atoms with Gasteiger partial charge in [-0.3, -0.25) is 0 Å². The van der Waals surface area contributed by atoms with Crippen molar-refractivity contribution in [1.29, 1.82) is 0 Å². The van der Waals surface area contributed by atoms with E-state index in [1.54, 1.807) is 0 Å². The lowest BCUT2D eigenvalue weighted by Gasteiger charge is -2.18. The number of aromatic amines is 1. The Morgan fingerprint density at radius 1 is 1.21 bits per heavy atom. The Hall–Kier alpha value is -1.47. The Morgan fingerprint density at radius 2 is 1.79 bits per heavy atom. The first-order valence-electron chi connectivity index (χ1n) is 3.25. The zero-order valence-electron chi connectivity index (χ0n) is 6.40. The highest BCUT2D eigenvalue weighted by molar-refractivity contribution is 5.08. The summed E-state index contributed by atoms with van der Waals surface area (Å²) in [6.07, 6.45) is -5.16. The average Bonchev–Trinajstić information content (AvgIpc) is 2.02. The number of H-pyrrole nitrogens is 1. The maximum atomic E-state index is 12.5. The molecule has 0 amide bonds. The second-order valence-electron chi connectivity index (χ2n) is 2.36. The van der Waals surface area contributed by atoms with Crippen molar-refractivity contribution in [3.8, 4) is 0 Å². The summed E-state index contributed by atoms with van der Waals surface area (Å²) in [5, 5.41) is 0. The molecule has 0 radical (unpaired) electrons. The van der Waals surface area contributed by atoms with Crippen LogP contribution in [0.15, 0.2) is 17.1 Å². The van der Waals surface area contributed by atoms with E-state index in [4.69, 9.17) is 0 Å². The van der Waals surface area contributed by atoms with Crippen molar-refractivity contribution in [3.63, 3.8) is 0 Å². The number of hydrogen-bond acceptors (Lipinski definition) is 2. The van der Waals surface area contributed by atoms with Crippen LogP contribution >= 0.6 is 0 Å². The summed E-state index contributed by atoms with van der Waals surface area (Å²) in [4.78, 5) is 14.6. The lowest BCUT2D eigenvalue weighted by molar-refractivity contribution is -0.291. The molecule has 0 spiro atoms. The van der Waals surface area contributed by atoms with Gasteiger partial charge in [0.15, 0.2) is 0 Å². The minimum absolute atomic E-state index is 0.398. The smallest absolute Gasteiger partial charge is 0.304 e. The van der Waals surface area contributed by atoms with Crippen molar-refractivity contribution in [2.75, 3.05) is 0 Å². The van der Waals surface area contributed by atoms with Gasteiger partial charge in [-0.05, 0) is 6.07 Å². The molecule has 14 heavy (non-hydrogen) atoms. The maximum absolute atomic E-state index is 12.5. The van der Waals surface area contributed by atoms with Gasteiger partial charge in [0.2, 0.25) is 0 Å². The van der Waals surface area contributed by atoms with E-state index in [0.29, 0.717) is 12.3 Å². The summed E-state index contributed by atoms with van der Waals surface area (Å²) < 4.78 is 60.3. The van der Waals surface area contributed by atoms with E-state index >= 15 is 0 Å². The van der Waals surface area contributed by atoms with Crippen molar-refractivity contribution in [2.24, 2.45) is 0 Å². The molecule has 0 fully saturated rings. The highest BCUT2D eigenvalue weighted by Crippen LogP contribution is 2.42. The van der Waals surface area contributed by atoms with Gasteiger partial charge in [0.1, 0.15) is 5.69 Å². The van der Waals surface area contributed by atoms with Gasteiger partial charge in [-0.25, -0.2) is 9.78 Å². The van der Waals surface area contributed by atoms with Gasteiger partial charge < -0.3 is 4.98 Å². The first-order valence-corrected chi connectivity index (χ1v) is 3.25. The van der Waals surface area contributed by atoms with Crippen LogP contribution in [0.1, 0.15) is 5.69 Å². The molecule has 0 aliphatic heterocycles. The third-order valence-corrected chi connectivity index (χ3v) is 1.37. The largest absolute Gasteiger partial charge is 0.459 e. The summed E-state index contributed by atoms with van der Waals surface area (Å²) >= 11 is 0. The monoisotopic (exact) mass is 214 g/mol. The van der Waals surface area contributed by atoms with E-state index in [1.165, 1.54) is 4.98 Å². The molecular formula is C6H3F5N2O. The van der Waals surface area contributed by atoms with Crippen LogP contribution in [0.4, 0.5) is 22.0 Å². The Balaban J connectivity index is 3.23. The molecule has 0 aliphatic rings. The van der Waals surface area contributed by atoms with Crippen molar-refractivity contribution >= 4 is 0 Å². The molecule has 0 atom stereocenters. The first-order chi connectivity index (χ1) is 6.25. The number of aromatic nitrogens is 2. The number of halogens is 5. The number of nitrogens with one attached hydrogen (secondary N) is 1. The summed E-state index contributed by atoms with van der Waals surface area (Å²) in [6.45, 7) is 0. The maximum Gasteiger partial charge on any atom is 0.459 e. The number of alkyl halides is 5. The Morgan fingerprint density at radius 3 is 2.21 bits per heavy atom. The Labute approximate surface area is 73.6 Å². The summed E-state index contributed by atoms with van der Waals surface area (Å²) in [5.74, 6) is -5.07. The average molecular weight is 214 g/mol. The predicted octanol–water partition coefficient (Wildman–Crippen LogP) is 1.42. The van der Waals surface area contributed by atoms with E-state index in [1.807, 2.05) is 0 Å². The van der Waals surface area contributed by atoms with Crippen LogP contribution in [-0.4, -0.2) is 16.1 Å². The van der Waals surface area contributed by atoms with Gasteiger partial charge in [0.25, 0.3) is 0 Å². The van der Waals surface area contributed by atoms with Crippen LogP contribution in [0, 0.1) is 0 Å². The molecule has 78 valence electrons. The second kappa shape index (κ2) is 3.03. The fraction of sp³-hybridized carbons (Fsp3) is 0.333. The van der Waals surface area contributed by atoms with E-state index in [-0.39, 0.29) is 0 Å². The van der Waals surface area contributed by atoms with Crippen LogP contribution in [0.5, 0.6) is 0 Å². The van der Waals surface area contributed by atoms with Crippen LogP contribution in [0.3, 0.4) is 0 Å². The molecule has 1 rings (SSSR count). The number of hydrogen-bond donors (Lipinski definition) is 1. The predicted molar refractivity (Wildman–Crippen MR) is 34.8 cm³/mol. The zero-order chi connectivity index (χ0) is 11.0. The molecule has 1 N–H and O–H groups in total. The normalized spacial score (nSPS) is 12.9. The molecule has 0 saturated heterocycles. The molecule has 1 aromatic heterocycles. The van der Waals surface area contributed by atoms with Crippen molar-refractivity contribution < 1.29 is 22.0 Å². The van der Waals surface area contributed by atoms with E-state index < -0.39 is 23.5 Å². The Bertz CT molecular complexity index is 382.